The van der Waals surface area contributed by atoms with E-state index < -0.39 is 18.5 Å². The van der Waals surface area contributed by atoms with Gasteiger partial charge in [0.15, 0.2) is 0 Å². The number of alkyl halides is 3. The number of anilines is 1. The zero-order valence-electron chi connectivity index (χ0n) is 11.4. The highest BCUT2D eigenvalue weighted by Gasteiger charge is 2.35. The van der Waals surface area contributed by atoms with E-state index in [4.69, 9.17) is 10.5 Å². The van der Waals surface area contributed by atoms with Crippen molar-refractivity contribution in [3.8, 4) is 5.75 Å². The molecular formula is C14H19F3N2O. The lowest BCUT2D eigenvalue weighted by Gasteiger charge is -2.38. The molecule has 20 heavy (non-hydrogen) atoms. The first-order valence-corrected chi connectivity index (χ1v) is 6.58. The van der Waals surface area contributed by atoms with Gasteiger partial charge in [0.2, 0.25) is 0 Å². The number of hydrogen-bond donors (Lipinski definition) is 1. The monoisotopic (exact) mass is 288 g/mol. The maximum absolute atomic E-state index is 12.5. The molecule has 1 aliphatic heterocycles. The average molecular weight is 288 g/mol. The van der Waals surface area contributed by atoms with E-state index in [-0.39, 0.29) is 6.04 Å². The molecule has 0 bridgehead atoms. The molecule has 0 spiro atoms. The fraction of sp³-hybridized carbons (Fsp3) is 0.571. The number of piperidine rings is 1. The molecule has 1 saturated heterocycles. The van der Waals surface area contributed by atoms with Gasteiger partial charge in [-0.05, 0) is 24.5 Å². The van der Waals surface area contributed by atoms with Crippen LogP contribution >= 0.6 is 0 Å². The quantitative estimate of drug-likeness (QED) is 0.929. The van der Waals surface area contributed by atoms with Gasteiger partial charge in [-0.15, -0.1) is 0 Å². The van der Waals surface area contributed by atoms with Gasteiger partial charge in [0.05, 0.1) is 7.11 Å². The minimum Gasteiger partial charge on any atom is -0.497 e. The number of methoxy groups -OCH3 is 1. The molecule has 1 aromatic rings. The van der Waals surface area contributed by atoms with E-state index in [1.165, 1.54) is 0 Å². The molecule has 2 atom stereocenters. The second-order valence-electron chi connectivity index (χ2n) is 5.29. The molecule has 1 aliphatic rings. The molecule has 1 aromatic carbocycles. The smallest absolute Gasteiger partial charge is 0.389 e. The molecule has 6 heteroatoms. The van der Waals surface area contributed by atoms with Crippen molar-refractivity contribution in [2.75, 3.05) is 25.1 Å². The first-order chi connectivity index (χ1) is 9.37. The Labute approximate surface area is 116 Å². The van der Waals surface area contributed by atoms with Crippen LogP contribution in [0.25, 0.3) is 0 Å². The van der Waals surface area contributed by atoms with Crippen LogP contribution in [0.5, 0.6) is 5.75 Å². The fourth-order valence-electron chi connectivity index (χ4n) is 2.74. The summed E-state index contributed by atoms with van der Waals surface area (Å²) in [5.74, 6) is 0.235. The Morgan fingerprint density at radius 2 is 2.10 bits per heavy atom. The Balaban J connectivity index is 2.10. The standard InChI is InChI=1S/C14H19F3N2O/c1-20-13-4-2-3-12(6-13)19-8-10(5-11(18)9-19)7-14(15,16)17/h2-4,6,10-11H,5,7-9,18H2,1H3. The van der Waals surface area contributed by atoms with Crippen LogP contribution in [-0.4, -0.2) is 32.4 Å². The molecule has 3 nitrogen and oxygen atoms in total. The molecule has 2 unspecified atom stereocenters. The van der Waals surface area contributed by atoms with Crippen molar-refractivity contribution in [3.63, 3.8) is 0 Å². The number of halogens is 3. The zero-order chi connectivity index (χ0) is 14.8. The van der Waals surface area contributed by atoms with Crippen molar-refractivity contribution in [2.24, 2.45) is 11.7 Å². The first-order valence-electron chi connectivity index (χ1n) is 6.58. The van der Waals surface area contributed by atoms with E-state index in [0.29, 0.717) is 25.3 Å². The van der Waals surface area contributed by atoms with Crippen molar-refractivity contribution in [2.45, 2.75) is 25.1 Å². The molecule has 0 aromatic heterocycles. The number of nitrogens with zero attached hydrogens (tertiary/aromatic N) is 1. The van der Waals surface area contributed by atoms with Crippen molar-refractivity contribution in [1.82, 2.24) is 0 Å². The normalized spacial score (nSPS) is 23.8. The largest absolute Gasteiger partial charge is 0.497 e. The maximum atomic E-state index is 12.5. The summed E-state index contributed by atoms with van der Waals surface area (Å²) < 4.78 is 42.8. The third kappa shape index (κ3) is 4.03. The van der Waals surface area contributed by atoms with E-state index in [9.17, 15) is 13.2 Å². The number of ether oxygens (including phenoxy) is 1. The van der Waals surface area contributed by atoms with Gasteiger partial charge < -0.3 is 15.4 Å². The Bertz CT molecular complexity index is 450. The molecule has 0 radical (unpaired) electrons. The summed E-state index contributed by atoms with van der Waals surface area (Å²) in [4.78, 5) is 1.91. The highest BCUT2D eigenvalue weighted by atomic mass is 19.4. The highest BCUT2D eigenvalue weighted by molar-refractivity contribution is 5.51. The van der Waals surface area contributed by atoms with Gasteiger partial charge in [-0.2, -0.15) is 13.2 Å². The molecule has 1 fully saturated rings. The Morgan fingerprint density at radius 1 is 1.35 bits per heavy atom. The van der Waals surface area contributed by atoms with Crippen LogP contribution in [0, 0.1) is 5.92 Å². The van der Waals surface area contributed by atoms with Gasteiger partial charge in [0.1, 0.15) is 5.75 Å². The van der Waals surface area contributed by atoms with Gasteiger partial charge in [0.25, 0.3) is 0 Å². The first kappa shape index (κ1) is 15.0. The van der Waals surface area contributed by atoms with E-state index in [1.54, 1.807) is 13.2 Å². The van der Waals surface area contributed by atoms with Crippen LogP contribution in [0.15, 0.2) is 24.3 Å². The van der Waals surface area contributed by atoms with Crippen LogP contribution < -0.4 is 15.4 Å². The number of benzene rings is 1. The average Bonchev–Trinajstić information content (AvgIpc) is 2.36. The third-order valence-electron chi connectivity index (χ3n) is 3.51. The number of nitrogens with two attached hydrogens (primary N) is 1. The highest BCUT2D eigenvalue weighted by Crippen LogP contribution is 2.32. The van der Waals surface area contributed by atoms with Gasteiger partial charge in [-0.25, -0.2) is 0 Å². The minimum absolute atomic E-state index is 0.234. The Morgan fingerprint density at radius 3 is 2.75 bits per heavy atom. The predicted molar refractivity (Wildman–Crippen MR) is 72.0 cm³/mol. The molecule has 112 valence electrons. The van der Waals surface area contributed by atoms with Gasteiger partial charge >= 0.3 is 6.18 Å². The molecule has 1 heterocycles. The topological polar surface area (TPSA) is 38.5 Å². The second-order valence-corrected chi connectivity index (χ2v) is 5.29. The van der Waals surface area contributed by atoms with Gasteiger partial charge in [0, 0.05) is 37.3 Å². The van der Waals surface area contributed by atoms with Crippen LogP contribution in [0.4, 0.5) is 18.9 Å². The van der Waals surface area contributed by atoms with Crippen molar-refractivity contribution in [1.29, 1.82) is 0 Å². The molecule has 0 saturated carbocycles. The number of rotatable bonds is 3. The molecule has 2 rings (SSSR count). The van der Waals surface area contributed by atoms with Crippen LogP contribution in [0.3, 0.4) is 0 Å². The van der Waals surface area contributed by atoms with Crippen molar-refractivity contribution >= 4 is 5.69 Å². The number of hydrogen-bond acceptors (Lipinski definition) is 3. The molecular weight excluding hydrogens is 269 g/mol. The third-order valence-corrected chi connectivity index (χ3v) is 3.51. The summed E-state index contributed by atoms with van der Waals surface area (Å²) in [7, 11) is 1.56. The summed E-state index contributed by atoms with van der Waals surface area (Å²) in [5, 5.41) is 0. The lowest BCUT2D eigenvalue weighted by atomic mass is 9.91. The SMILES string of the molecule is COc1cccc(N2CC(N)CC(CC(F)(F)F)C2)c1. The summed E-state index contributed by atoms with van der Waals surface area (Å²) in [5.41, 5.74) is 6.76. The van der Waals surface area contributed by atoms with E-state index in [2.05, 4.69) is 0 Å². The second kappa shape index (κ2) is 5.91. The molecule has 2 N–H and O–H groups in total. The van der Waals surface area contributed by atoms with Gasteiger partial charge in [-0.3, -0.25) is 0 Å². The summed E-state index contributed by atoms with van der Waals surface area (Å²) in [6, 6.07) is 7.09. The van der Waals surface area contributed by atoms with E-state index in [0.717, 1.165) is 5.69 Å². The van der Waals surface area contributed by atoms with Crippen LogP contribution in [-0.2, 0) is 0 Å². The predicted octanol–water partition coefficient (Wildman–Crippen LogP) is 2.80. The summed E-state index contributed by atoms with van der Waals surface area (Å²) in [6.07, 6.45) is -4.50. The zero-order valence-corrected chi connectivity index (χ0v) is 11.4. The van der Waals surface area contributed by atoms with E-state index >= 15 is 0 Å². The minimum atomic E-state index is -4.14. The van der Waals surface area contributed by atoms with Crippen molar-refractivity contribution in [3.05, 3.63) is 24.3 Å². The Hall–Kier alpha value is -1.43. The molecule has 0 aliphatic carbocycles. The van der Waals surface area contributed by atoms with Crippen molar-refractivity contribution < 1.29 is 17.9 Å². The fourth-order valence-corrected chi connectivity index (χ4v) is 2.74. The molecule has 0 amide bonds. The lowest BCUT2D eigenvalue weighted by molar-refractivity contribution is -0.145. The van der Waals surface area contributed by atoms with E-state index in [1.807, 2.05) is 23.1 Å². The Kier molecular flexibility index (Phi) is 4.42. The maximum Gasteiger partial charge on any atom is 0.389 e. The van der Waals surface area contributed by atoms with Crippen LogP contribution in [0.1, 0.15) is 12.8 Å². The lowest BCUT2D eigenvalue weighted by Crippen LogP contribution is -2.48. The summed E-state index contributed by atoms with van der Waals surface area (Å²) in [6.45, 7) is 0.946. The van der Waals surface area contributed by atoms with Crippen LogP contribution in [0.2, 0.25) is 0 Å². The summed E-state index contributed by atoms with van der Waals surface area (Å²) >= 11 is 0. The van der Waals surface area contributed by atoms with Gasteiger partial charge in [-0.1, -0.05) is 6.07 Å².